The Morgan fingerprint density at radius 1 is 1.43 bits per heavy atom. The van der Waals surface area contributed by atoms with Crippen LogP contribution in [0.2, 0.25) is 0 Å². The summed E-state index contributed by atoms with van der Waals surface area (Å²) in [5.74, 6) is 0. The zero-order chi connectivity index (χ0) is 5.86. The molecule has 42 valence electrons. The Bertz CT molecular complexity index is 42.2. The normalized spacial score (nSPS) is 9.86. The van der Waals surface area contributed by atoms with E-state index in [4.69, 9.17) is 10.0 Å². The minimum atomic E-state index is -1.20. The first-order valence-corrected chi connectivity index (χ1v) is 2.14. The Morgan fingerprint density at radius 2 is 1.86 bits per heavy atom. The highest BCUT2D eigenvalue weighted by molar-refractivity contribution is 6.41. The van der Waals surface area contributed by atoms with Gasteiger partial charge in [-0.05, 0) is 14.1 Å². The van der Waals surface area contributed by atoms with Crippen molar-refractivity contribution >= 4 is 7.12 Å². The SMILES string of the molecule is CN(C)CB(O)O. The quantitative estimate of drug-likeness (QED) is 0.420. The van der Waals surface area contributed by atoms with E-state index < -0.39 is 7.12 Å². The van der Waals surface area contributed by atoms with Gasteiger partial charge in [-0.15, -0.1) is 0 Å². The molecule has 0 saturated heterocycles. The summed E-state index contributed by atoms with van der Waals surface area (Å²) in [4.78, 5) is 1.70. The summed E-state index contributed by atoms with van der Waals surface area (Å²) in [5, 5.41) is 16.5. The molecule has 0 aliphatic rings. The van der Waals surface area contributed by atoms with E-state index in [1.54, 1.807) is 19.0 Å². The first-order chi connectivity index (χ1) is 3.13. The molecular formula is C3H10BNO2. The molecule has 0 aliphatic carbocycles. The van der Waals surface area contributed by atoms with Crippen molar-refractivity contribution in [2.45, 2.75) is 0 Å². The van der Waals surface area contributed by atoms with Crippen molar-refractivity contribution in [3.8, 4) is 0 Å². The highest BCUT2D eigenvalue weighted by atomic mass is 16.4. The first kappa shape index (κ1) is 6.94. The molecule has 0 unspecified atom stereocenters. The van der Waals surface area contributed by atoms with Gasteiger partial charge >= 0.3 is 7.12 Å². The van der Waals surface area contributed by atoms with Gasteiger partial charge in [0.2, 0.25) is 0 Å². The van der Waals surface area contributed by atoms with Gasteiger partial charge in [-0.1, -0.05) is 0 Å². The second-order valence-electron chi connectivity index (χ2n) is 1.74. The molecule has 0 bridgehead atoms. The summed E-state index contributed by atoms with van der Waals surface area (Å²) >= 11 is 0. The Kier molecular flexibility index (Phi) is 2.99. The summed E-state index contributed by atoms with van der Waals surface area (Å²) in [7, 11) is 2.36. The lowest BCUT2D eigenvalue weighted by Crippen LogP contribution is -2.29. The first-order valence-electron chi connectivity index (χ1n) is 2.14. The molecule has 0 fully saturated rings. The van der Waals surface area contributed by atoms with Crippen molar-refractivity contribution < 1.29 is 10.0 Å². The summed E-state index contributed by atoms with van der Waals surface area (Å²) < 4.78 is 0. The van der Waals surface area contributed by atoms with Crippen molar-refractivity contribution in [3.05, 3.63) is 0 Å². The van der Waals surface area contributed by atoms with Crippen molar-refractivity contribution in [3.63, 3.8) is 0 Å². The van der Waals surface area contributed by atoms with Crippen molar-refractivity contribution in [1.29, 1.82) is 0 Å². The molecule has 0 rings (SSSR count). The van der Waals surface area contributed by atoms with E-state index in [1.807, 2.05) is 0 Å². The smallest absolute Gasteiger partial charge is 0.426 e. The largest absolute Gasteiger partial charge is 0.466 e. The third-order valence-corrected chi connectivity index (χ3v) is 0.528. The zero-order valence-corrected chi connectivity index (χ0v) is 4.63. The molecule has 0 aliphatic heterocycles. The summed E-state index contributed by atoms with van der Waals surface area (Å²) in [5.41, 5.74) is 0. The van der Waals surface area contributed by atoms with Gasteiger partial charge in [0.05, 0.1) is 0 Å². The standard InChI is InChI=1S/C3H10BNO2/c1-5(2)3-4(6)7/h6-7H,3H2,1-2H3. The minimum absolute atomic E-state index is 0.306. The monoisotopic (exact) mass is 103 g/mol. The highest BCUT2D eigenvalue weighted by Crippen LogP contribution is 1.72. The second-order valence-corrected chi connectivity index (χ2v) is 1.74. The van der Waals surface area contributed by atoms with Crippen molar-refractivity contribution in [2.75, 3.05) is 20.5 Å². The van der Waals surface area contributed by atoms with Crippen LogP contribution in [0.5, 0.6) is 0 Å². The van der Waals surface area contributed by atoms with E-state index in [0.29, 0.717) is 6.44 Å². The maximum Gasteiger partial charge on any atom is 0.466 e. The molecular weight excluding hydrogens is 92.8 g/mol. The average molecular weight is 103 g/mol. The average Bonchev–Trinajstić information content (AvgIpc) is 1.27. The molecule has 0 aromatic carbocycles. The summed E-state index contributed by atoms with van der Waals surface area (Å²) in [6, 6.07) is 0. The van der Waals surface area contributed by atoms with Gasteiger partial charge in [-0.2, -0.15) is 0 Å². The Labute approximate surface area is 43.7 Å². The van der Waals surface area contributed by atoms with E-state index in [2.05, 4.69) is 0 Å². The molecule has 4 heteroatoms. The van der Waals surface area contributed by atoms with Gasteiger partial charge in [-0.3, -0.25) is 0 Å². The Morgan fingerprint density at radius 3 is 1.86 bits per heavy atom. The van der Waals surface area contributed by atoms with Crippen LogP contribution in [0.25, 0.3) is 0 Å². The van der Waals surface area contributed by atoms with E-state index in [9.17, 15) is 0 Å². The lowest BCUT2D eigenvalue weighted by Gasteiger charge is -2.05. The topological polar surface area (TPSA) is 43.7 Å². The highest BCUT2D eigenvalue weighted by Gasteiger charge is 2.05. The Hall–Kier alpha value is -0.0551. The molecule has 0 aromatic rings. The molecule has 0 atom stereocenters. The third kappa shape index (κ3) is 5.94. The number of nitrogens with zero attached hydrogens (tertiary/aromatic N) is 1. The van der Waals surface area contributed by atoms with Crippen LogP contribution in [0, 0.1) is 0 Å². The predicted molar refractivity (Wildman–Crippen MR) is 28.7 cm³/mol. The van der Waals surface area contributed by atoms with E-state index >= 15 is 0 Å². The van der Waals surface area contributed by atoms with Gasteiger partial charge in [-0.25, -0.2) is 0 Å². The van der Waals surface area contributed by atoms with Gasteiger partial charge < -0.3 is 14.9 Å². The van der Waals surface area contributed by atoms with Crippen LogP contribution >= 0.6 is 0 Å². The fourth-order valence-corrected chi connectivity index (χ4v) is 0.327. The lowest BCUT2D eigenvalue weighted by molar-refractivity contribution is 0.354. The second kappa shape index (κ2) is 3.01. The molecule has 0 saturated carbocycles. The van der Waals surface area contributed by atoms with Crippen LogP contribution in [-0.4, -0.2) is 42.6 Å². The molecule has 0 amide bonds. The van der Waals surface area contributed by atoms with Gasteiger partial charge in [0, 0.05) is 6.44 Å². The van der Waals surface area contributed by atoms with Crippen molar-refractivity contribution in [2.24, 2.45) is 0 Å². The summed E-state index contributed by atoms with van der Waals surface area (Å²) in [6.45, 7) is 0. The van der Waals surface area contributed by atoms with Crippen LogP contribution in [0.15, 0.2) is 0 Å². The van der Waals surface area contributed by atoms with Crippen LogP contribution in [0.3, 0.4) is 0 Å². The van der Waals surface area contributed by atoms with E-state index in [1.165, 1.54) is 0 Å². The predicted octanol–water partition coefficient (Wildman–Crippen LogP) is -1.44. The molecule has 7 heavy (non-hydrogen) atoms. The fraction of sp³-hybridized carbons (Fsp3) is 1.00. The zero-order valence-electron chi connectivity index (χ0n) is 4.63. The molecule has 0 spiro atoms. The molecule has 2 N–H and O–H groups in total. The maximum absolute atomic E-state index is 8.24. The maximum atomic E-state index is 8.24. The minimum Gasteiger partial charge on any atom is -0.426 e. The van der Waals surface area contributed by atoms with Gasteiger partial charge in [0.15, 0.2) is 0 Å². The van der Waals surface area contributed by atoms with Crippen LogP contribution < -0.4 is 0 Å². The van der Waals surface area contributed by atoms with E-state index in [-0.39, 0.29) is 0 Å². The van der Waals surface area contributed by atoms with Gasteiger partial charge in [0.25, 0.3) is 0 Å². The third-order valence-electron chi connectivity index (χ3n) is 0.528. The Balaban J connectivity index is 2.95. The summed E-state index contributed by atoms with van der Waals surface area (Å²) in [6.07, 6.45) is 0.306. The van der Waals surface area contributed by atoms with E-state index in [0.717, 1.165) is 0 Å². The lowest BCUT2D eigenvalue weighted by atomic mass is 9.92. The molecule has 3 nitrogen and oxygen atoms in total. The van der Waals surface area contributed by atoms with Gasteiger partial charge in [0.1, 0.15) is 0 Å². The number of rotatable bonds is 2. The fourth-order valence-electron chi connectivity index (χ4n) is 0.327. The molecule has 0 radical (unpaired) electrons. The number of hydrogen-bond acceptors (Lipinski definition) is 3. The van der Waals surface area contributed by atoms with Crippen LogP contribution in [0.4, 0.5) is 0 Å². The molecule has 0 heterocycles. The van der Waals surface area contributed by atoms with Crippen molar-refractivity contribution in [1.82, 2.24) is 4.90 Å². The molecule has 0 aromatic heterocycles. The van der Waals surface area contributed by atoms with Crippen LogP contribution in [0.1, 0.15) is 0 Å². The number of hydrogen-bond donors (Lipinski definition) is 2. The van der Waals surface area contributed by atoms with Crippen LogP contribution in [-0.2, 0) is 0 Å².